The lowest BCUT2D eigenvalue weighted by atomic mass is 10.0. The number of carbonyl (C=O) groups is 2. The molecular formula is C12H12I2O3. The SMILES string of the molecule is CCOC(=O)c1cc(I)cc(I)c1C(=O)CC. The minimum atomic E-state index is -0.430. The van der Waals surface area contributed by atoms with E-state index in [1.165, 1.54) is 0 Å². The maximum absolute atomic E-state index is 11.9. The molecule has 0 N–H and O–H groups in total. The van der Waals surface area contributed by atoms with Crippen LogP contribution in [0, 0.1) is 7.14 Å². The zero-order chi connectivity index (χ0) is 13.0. The summed E-state index contributed by atoms with van der Waals surface area (Å²) in [6.45, 7) is 3.84. The highest BCUT2D eigenvalue weighted by molar-refractivity contribution is 14.1. The van der Waals surface area contributed by atoms with Crippen LogP contribution in [0.4, 0.5) is 0 Å². The number of rotatable bonds is 4. The molecule has 0 aliphatic heterocycles. The molecule has 0 atom stereocenters. The highest BCUT2D eigenvalue weighted by atomic mass is 127. The topological polar surface area (TPSA) is 43.4 Å². The Bertz CT molecular complexity index is 455. The quantitative estimate of drug-likeness (QED) is 0.393. The van der Waals surface area contributed by atoms with Crippen LogP contribution in [0.15, 0.2) is 12.1 Å². The van der Waals surface area contributed by atoms with Gasteiger partial charge in [0.25, 0.3) is 0 Å². The van der Waals surface area contributed by atoms with Gasteiger partial charge in [-0.25, -0.2) is 4.79 Å². The van der Waals surface area contributed by atoms with Gasteiger partial charge in [-0.05, 0) is 64.2 Å². The third kappa shape index (κ3) is 3.64. The molecule has 0 bridgehead atoms. The van der Waals surface area contributed by atoms with Crippen molar-refractivity contribution in [3.63, 3.8) is 0 Å². The minimum absolute atomic E-state index is 0.0335. The van der Waals surface area contributed by atoms with Crippen LogP contribution in [0.2, 0.25) is 0 Å². The van der Waals surface area contributed by atoms with Crippen molar-refractivity contribution in [2.75, 3.05) is 6.61 Å². The number of hydrogen-bond donors (Lipinski definition) is 0. The molecule has 5 heteroatoms. The van der Waals surface area contributed by atoms with Crippen molar-refractivity contribution in [3.05, 3.63) is 30.4 Å². The third-order valence-corrected chi connectivity index (χ3v) is 3.62. The van der Waals surface area contributed by atoms with E-state index in [4.69, 9.17) is 4.74 Å². The predicted octanol–water partition coefficient (Wildman–Crippen LogP) is 3.67. The molecule has 17 heavy (non-hydrogen) atoms. The van der Waals surface area contributed by atoms with Gasteiger partial charge in [-0.3, -0.25) is 4.79 Å². The van der Waals surface area contributed by atoms with Crippen LogP contribution in [0.5, 0.6) is 0 Å². The van der Waals surface area contributed by atoms with Crippen molar-refractivity contribution in [1.82, 2.24) is 0 Å². The van der Waals surface area contributed by atoms with E-state index in [1.54, 1.807) is 19.9 Å². The van der Waals surface area contributed by atoms with Gasteiger partial charge >= 0.3 is 5.97 Å². The van der Waals surface area contributed by atoms with Gasteiger partial charge in [0, 0.05) is 19.1 Å². The lowest BCUT2D eigenvalue weighted by Crippen LogP contribution is -2.13. The van der Waals surface area contributed by atoms with Crippen LogP contribution in [0.1, 0.15) is 41.0 Å². The molecule has 0 radical (unpaired) electrons. The van der Waals surface area contributed by atoms with Crippen LogP contribution in [-0.2, 0) is 4.74 Å². The van der Waals surface area contributed by atoms with Gasteiger partial charge in [0.1, 0.15) is 0 Å². The van der Waals surface area contributed by atoms with Gasteiger partial charge in [0.15, 0.2) is 5.78 Å². The summed E-state index contributed by atoms with van der Waals surface area (Å²) < 4.78 is 6.69. The van der Waals surface area contributed by atoms with Crippen LogP contribution >= 0.6 is 45.2 Å². The number of Topliss-reactive ketones (excluding diaryl/α,β-unsaturated/α-hetero) is 1. The first kappa shape index (κ1) is 14.9. The van der Waals surface area contributed by atoms with E-state index in [9.17, 15) is 9.59 Å². The molecule has 0 amide bonds. The summed E-state index contributed by atoms with van der Waals surface area (Å²) in [5, 5.41) is 0. The van der Waals surface area contributed by atoms with Crippen molar-refractivity contribution in [2.24, 2.45) is 0 Å². The molecule has 0 saturated heterocycles. The largest absolute Gasteiger partial charge is 0.462 e. The second kappa shape index (κ2) is 6.67. The average Bonchev–Trinajstić information content (AvgIpc) is 2.27. The second-order valence-electron chi connectivity index (χ2n) is 3.31. The Hall–Kier alpha value is -0.180. The van der Waals surface area contributed by atoms with E-state index in [0.29, 0.717) is 24.2 Å². The first-order chi connectivity index (χ1) is 8.01. The number of hydrogen-bond acceptors (Lipinski definition) is 3. The Morgan fingerprint density at radius 2 is 1.88 bits per heavy atom. The molecule has 0 unspecified atom stereocenters. The molecule has 0 fully saturated rings. The molecule has 1 aromatic carbocycles. The molecule has 0 heterocycles. The lowest BCUT2D eigenvalue weighted by Gasteiger charge is -2.10. The smallest absolute Gasteiger partial charge is 0.338 e. The summed E-state index contributed by atoms with van der Waals surface area (Å²) in [7, 11) is 0. The molecule has 0 aliphatic carbocycles. The molecular weight excluding hydrogens is 446 g/mol. The van der Waals surface area contributed by atoms with Crippen molar-refractivity contribution in [1.29, 1.82) is 0 Å². The summed E-state index contributed by atoms with van der Waals surface area (Å²) in [5.74, 6) is -0.463. The first-order valence-corrected chi connectivity index (χ1v) is 7.36. The normalized spacial score (nSPS) is 10.1. The Labute approximate surface area is 128 Å². The molecule has 0 aromatic heterocycles. The number of ketones is 1. The van der Waals surface area contributed by atoms with E-state index in [-0.39, 0.29) is 5.78 Å². The summed E-state index contributed by atoms with van der Waals surface area (Å²) in [6.07, 6.45) is 0.378. The zero-order valence-electron chi connectivity index (χ0n) is 9.55. The van der Waals surface area contributed by atoms with E-state index in [1.807, 2.05) is 6.07 Å². The fraction of sp³-hybridized carbons (Fsp3) is 0.333. The van der Waals surface area contributed by atoms with E-state index in [0.717, 1.165) is 7.14 Å². The number of carbonyl (C=O) groups excluding carboxylic acids is 2. The molecule has 0 aliphatic rings. The lowest BCUT2D eigenvalue weighted by molar-refractivity contribution is 0.0523. The highest BCUT2D eigenvalue weighted by Gasteiger charge is 2.20. The van der Waals surface area contributed by atoms with Crippen LogP contribution in [0.25, 0.3) is 0 Å². The van der Waals surface area contributed by atoms with Gasteiger partial charge in [-0.15, -0.1) is 0 Å². The molecule has 92 valence electrons. The maximum atomic E-state index is 11.9. The van der Waals surface area contributed by atoms with E-state index < -0.39 is 5.97 Å². The molecule has 3 nitrogen and oxygen atoms in total. The fourth-order valence-corrected chi connectivity index (χ4v) is 3.55. The molecule has 0 saturated carbocycles. The number of ether oxygens (including phenoxy) is 1. The van der Waals surface area contributed by atoms with E-state index >= 15 is 0 Å². The van der Waals surface area contributed by atoms with E-state index in [2.05, 4.69) is 45.2 Å². The van der Waals surface area contributed by atoms with Crippen LogP contribution in [-0.4, -0.2) is 18.4 Å². The molecule has 0 spiro atoms. The average molecular weight is 458 g/mol. The predicted molar refractivity (Wildman–Crippen MR) is 82.5 cm³/mol. The second-order valence-corrected chi connectivity index (χ2v) is 5.72. The van der Waals surface area contributed by atoms with Crippen LogP contribution < -0.4 is 0 Å². The molecule has 1 rings (SSSR count). The van der Waals surface area contributed by atoms with Crippen molar-refractivity contribution < 1.29 is 14.3 Å². The summed E-state index contributed by atoms with van der Waals surface area (Å²) >= 11 is 4.20. The monoisotopic (exact) mass is 458 g/mol. The Kier molecular flexibility index (Phi) is 5.84. The Morgan fingerprint density at radius 3 is 2.41 bits per heavy atom. The Morgan fingerprint density at radius 1 is 1.24 bits per heavy atom. The van der Waals surface area contributed by atoms with Gasteiger partial charge in [-0.2, -0.15) is 0 Å². The van der Waals surface area contributed by atoms with Crippen LogP contribution in [0.3, 0.4) is 0 Å². The Balaban J connectivity index is 3.35. The van der Waals surface area contributed by atoms with Gasteiger partial charge in [0.2, 0.25) is 0 Å². The number of benzene rings is 1. The van der Waals surface area contributed by atoms with Gasteiger partial charge < -0.3 is 4.74 Å². The zero-order valence-corrected chi connectivity index (χ0v) is 13.9. The molecule has 1 aromatic rings. The summed E-state index contributed by atoms with van der Waals surface area (Å²) in [6, 6.07) is 3.58. The maximum Gasteiger partial charge on any atom is 0.338 e. The van der Waals surface area contributed by atoms with Crippen molar-refractivity contribution in [2.45, 2.75) is 20.3 Å². The van der Waals surface area contributed by atoms with Gasteiger partial charge in [0.05, 0.1) is 12.2 Å². The first-order valence-electron chi connectivity index (χ1n) is 5.20. The number of halogens is 2. The highest BCUT2D eigenvalue weighted by Crippen LogP contribution is 2.23. The number of esters is 1. The third-order valence-electron chi connectivity index (χ3n) is 2.15. The summed E-state index contributed by atoms with van der Waals surface area (Å²) in [5.41, 5.74) is 0.849. The fourth-order valence-electron chi connectivity index (χ4n) is 1.40. The standard InChI is InChI=1S/C12H12I2O3/c1-3-10(15)11-8(12(16)17-4-2)5-7(13)6-9(11)14/h5-6H,3-4H2,1-2H3. The van der Waals surface area contributed by atoms with Gasteiger partial charge in [-0.1, -0.05) is 6.92 Å². The van der Waals surface area contributed by atoms with Crippen molar-refractivity contribution in [3.8, 4) is 0 Å². The minimum Gasteiger partial charge on any atom is -0.462 e. The van der Waals surface area contributed by atoms with Crippen molar-refractivity contribution >= 4 is 56.9 Å². The summed E-state index contributed by atoms with van der Waals surface area (Å²) in [4.78, 5) is 23.7.